The lowest BCUT2D eigenvalue weighted by atomic mass is 10.3. The van der Waals surface area contributed by atoms with Crippen molar-refractivity contribution in [3.8, 4) is 17.2 Å². The maximum atomic E-state index is 6.77. The van der Waals surface area contributed by atoms with Crippen LogP contribution in [-0.4, -0.2) is 0 Å². The summed E-state index contributed by atoms with van der Waals surface area (Å²) in [4.78, 5) is 0. The maximum absolute atomic E-state index is 6.77. The number of para-hydroxylation sites is 6. The molecule has 0 saturated carbocycles. The van der Waals surface area contributed by atoms with E-state index in [1.807, 2.05) is 0 Å². The van der Waals surface area contributed by atoms with Crippen molar-refractivity contribution in [2.45, 2.75) is 0 Å². The maximum Gasteiger partial charge on any atom is 0.354 e. The molecule has 174 valence electrons. The number of hydrogen-bond acceptors (Lipinski definition) is 9. The first-order valence-corrected chi connectivity index (χ1v) is 16.8. The van der Waals surface area contributed by atoms with Crippen molar-refractivity contribution in [3.63, 3.8) is 0 Å². The molecule has 33 heavy (non-hydrogen) atoms. The van der Waals surface area contributed by atoms with Gasteiger partial charge in [-0.05, 0) is 70.1 Å². The Morgan fingerprint density at radius 2 is 0.727 bits per heavy atom. The number of nitrogens with zero attached hydrogens (tertiary/aromatic N) is 3. The second-order valence-electron chi connectivity index (χ2n) is 6.57. The zero-order chi connectivity index (χ0) is 23.7. The third-order valence-corrected chi connectivity index (χ3v) is 14.9. The Labute approximate surface area is 205 Å². The molecular formula is C18H18Cl3N6O3P3. The number of halogens is 3. The fourth-order valence-corrected chi connectivity index (χ4v) is 16.0. The Balaban J connectivity index is 1.85. The molecule has 1 aliphatic heterocycles. The summed E-state index contributed by atoms with van der Waals surface area (Å²) in [5.41, 5.74) is 19.0. The van der Waals surface area contributed by atoms with Crippen molar-refractivity contribution in [1.29, 1.82) is 0 Å². The van der Waals surface area contributed by atoms with Gasteiger partial charge in [-0.15, -0.1) is 13.5 Å². The summed E-state index contributed by atoms with van der Waals surface area (Å²) in [6.45, 7) is -10.8. The van der Waals surface area contributed by atoms with Crippen molar-refractivity contribution in [2.75, 3.05) is 17.2 Å². The predicted octanol–water partition coefficient (Wildman–Crippen LogP) is 8.54. The van der Waals surface area contributed by atoms with Gasteiger partial charge in [0.1, 0.15) is 0 Å². The zero-order valence-corrected chi connectivity index (χ0v) is 21.7. The smallest absolute Gasteiger partial charge is 0.354 e. The molecule has 4 rings (SSSR count). The van der Waals surface area contributed by atoms with Crippen LogP contribution in [0.15, 0.2) is 86.3 Å². The second-order valence-corrected chi connectivity index (χ2v) is 16.1. The number of rotatable bonds is 6. The molecule has 1 aliphatic rings. The largest absolute Gasteiger partial charge is 0.428 e. The van der Waals surface area contributed by atoms with E-state index in [1.54, 1.807) is 72.8 Å². The molecule has 0 aliphatic carbocycles. The number of nitrogen functional groups attached to an aromatic ring is 3. The molecule has 3 aromatic carbocycles. The third-order valence-electron chi connectivity index (χ3n) is 4.06. The van der Waals surface area contributed by atoms with E-state index < -0.39 is 20.4 Å². The molecular weight excluding hydrogens is 548 g/mol. The van der Waals surface area contributed by atoms with Crippen LogP contribution >= 0.6 is 54.1 Å². The van der Waals surface area contributed by atoms with Crippen LogP contribution in [0, 0.1) is 0 Å². The molecule has 3 aromatic rings. The molecule has 0 saturated heterocycles. The van der Waals surface area contributed by atoms with Gasteiger partial charge in [-0.25, -0.2) is 0 Å². The summed E-state index contributed by atoms with van der Waals surface area (Å²) < 4.78 is 30.9. The molecule has 0 bridgehead atoms. The quantitative estimate of drug-likeness (QED) is 0.202. The van der Waals surface area contributed by atoms with Gasteiger partial charge in [0.15, 0.2) is 17.2 Å². The Bertz CT molecular complexity index is 1210. The summed E-state index contributed by atoms with van der Waals surface area (Å²) in [7, 11) is 0. The van der Waals surface area contributed by atoms with Crippen LogP contribution in [0.5, 0.6) is 17.2 Å². The van der Waals surface area contributed by atoms with Crippen molar-refractivity contribution >= 4 is 71.1 Å². The standard InChI is InChI=1S/C18H18Cl3N6O3P3/c19-31(28-16-10-4-1-7-13(16)22)25-32(20,29-17-11-5-2-8-14(17)23)27-33(21,26-31)30-18-12-6-3-9-15(18)24/h1-12H,22-24H2. The SMILES string of the molecule is Nc1ccccc1OP1(Cl)=NP(Cl)(Oc2ccccc2N)=NP(Cl)(Oc2ccccc2N)=N1. The van der Waals surface area contributed by atoms with E-state index in [-0.39, 0.29) is 17.2 Å². The van der Waals surface area contributed by atoms with Gasteiger partial charge in [-0.3, -0.25) is 0 Å². The Kier molecular flexibility index (Phi) is 6.84. The zero-order valence-electron chi connectivity index (χ0n) is 16.7. The van der Waals surface area contributed by atoms with Crippen LogP contribution in [0.25, 0.3) is 0 Å². The van der Waals surface area contributed by atoms with E-state index >= 15 is 0 Å². The van der Waals surface area contributed by atoms with Crippen LogP contribution in [0.2, 0.25) is 0 Å². The summed E-state index contributed by atoms with van der Waals surface area (Å²) >= 11 is 20.3. The Morgan fingerprint density at radius 3 is 0.970 bits per heavy atom. The normalized spacial score (nSPS) is 26.3. The van der Waals surface area contributed by atoms with Crippen LogP contribution in [0.3, 0.4) is 0 Å². The van der Waals surface area contributed by atoms with Gasteiger partial charge in [0, 0.05) is 0 Å². The average molecular weight is 566 g/mol. The lowest BCUT2D eigenvalue weighted by Gasteiger charge is -2.27. The molecule has 0 radical (unpaired) electrons. The first-order chi connectivity index (χ1) is 15.6. The molecule has 0 aromatic heterocycles. The van der Waals surface area contributed by atoms with Gasteiger partial charge in [0.25, 0.3) is 0 Å². The van der Waals surface area contributed by atoms with E-state index in [2.05, 4.69) is 13.5 Å². The molecule has 15 heteroatoms. The number of anilines is 3. The summed E-state index contributed by atoms with van der Waals surface area (Å²) in [6, 6.07) is 20.2. The van der Waals surface area contributed by atoms with E-state index in [0.717, 1.165) is 0 Å². The van der Waals surface area contributed by atoms with E-state index in [0.29, 0.717) is 17.1 Å². The van der Waals surface area contributed by atoms with Crippen molar-refractivity contribution < 1.29 is 13.6 Å². The minimum absolute atomic E-state index is 0.250. The highest BCUT2D eigenvalue weighted by Crippen LogP contribution is 2.83. The molecule has 0 spiro atoms. The van der Waals surface area contributed by atoms with Crippen molar-refractivity contribution in [1.82, 2.24) is 0 Å². The highest BCUT2D eigenvalue weighted by molar-refractivity contribution is 8.05. The predicted molar refractivity (Wildman–Crippen MR) is 140 cm³/mol. The molecule has 9 nitrogen and oxygen atoms in total. The average Bonchev–Trinajstić information content (AvgIpc) is 2.72. The minimum Gasteiger partial charge on any atom is -0.428 e. The fraction of sp³-hybridized carbons (Fsp3) is 0. The van der Waals surface area contributed by atoms with Crippen LogP contribution in [-0.2, 0) is 0 Å². The van der Waals surface area contributed by atoms with E-state index in [9.17, 15) is 0 Å². The monoisotopic (exact) mass is 564 g/mol. The van der Waals surface area contributed by atoms with E-state index in [4.69, 9.17) is 64.5 Å². The van der Waals surface area contributed by atoms with Gasteiger partial charge >= 0.3 is 20.4 Å². The summed E-state index contributed by atoms with van der Waals surface area (Å²) in [5.74, 6) is 0.750. The van der Waals surface area contributed by atoms with Crippen LogP contribution in [0.4, 0.5) is 17.1 Å². The fourth-order valence-electron chi connectivity index (χ4n) is 2.64. The van der Waals surface area contributed by atoms with E-state index in [1.165, 1.54) is 0 Å². The number of benzene rings is 3. The van der Waals surface area contributed by atoms with Crippen LogP contribution in [0.1, 0.15) is 0 Å². The minimum atomic E-state index is -3.61. The second kappa shape index (κ2) is 9.34. The molecule has 0 atom stereocenters. The molecule has 0 amide bonds. The first-order valence-electron chi connectivity index (χ1n) is 9.22. The highest BCUT2D eigenvalue weighted by atomic mass is 35.7. The highest BCUT2D eigenvalue weighted by Gasteiger charge is 2.40. The van der Waals surface area contributed by atoms with Gasteiger partial charge in [-0.1, -0.05) is 36.4 Å². The lowest BCUT2D eigenvalue weighted by molar-refractivity contribution is 0.599. The summed E-state index contributed by atoms with van der Waals surface area (Å²) in [5, 5.41) is 0. The molecule has 1 heterocycles. The van der Waals surface area contributed by atoms with Gasteiger partial charge in [0.2, 0.25) is 0 Å². The van der Waals surface area contributed by atoms with Crippen LogP contribution < -0.4 is 30.8 Å². The molecule has 6 N–H and O–H groups in total. The number of nitrogens with two attached hydrogens (primary N) is 3. The topological polar surface area (TPSA) is 143 Å². The van der Waals surface area contributed by atoms with Crippen molar-refractivity contribution in [3.05, 3.63) is 72.8 Å². The number of hydrogen-bond donors (Lipinski definition) is 3. The Hall–Kier alpha value is -1.98. The molecule has 0 fully saturated rings. The molecule has 0 unspecified atom stereocenters. The van der Waals surface area contributed by atoms with Crippen molar-refractivity contribution in [2.24, 2.45) is 13.5 Å². The lowest BCUT2D eigenvalue weighted by Crippen LogP contribution is -1.99. The summed E-state index contributed by atoms with van der Waals surface area (Å²) in [6.07, 6.45) is 0. The Morgan fingerprint density at radius 1 is 0.485 bits per heavy atom. The first kappa shape index (κ1) is 24.2. The van der Waals surface area contributed by atoms with Gasteiger partial charge in [-0.2, -0.15) is 0 Å². The third kappa shape index (κ3) is 5.75. The van der Waals surface area contributed by atoms with Gasteiger partial charge in [0.05, 0.1) is 17.1 Å². The van der Waals surface area contributed by atoms with Gasteiger partial charge < -0.3 is 30.8 Å².